The number of hydrogen-bond donors (Lipinski definition) is 2. The molecule has 0 spiro atoms. The van der Waals surface area contributed by atoms with Gasteiger partial charge in [0.2, 0.25) is 0 Å². The summed E-state index contributed by atoms with van der Waals surface area (Å²) in [5.74, 6) is -0.188. The average Bonchev–Trinajstić information content (AvgIpc) is 2.91. The second-order valence-electron chi connectivity index (χ2n) is 5.20. The minimum Gasteiger partial charge on any atom is -0.352 e. The van der Waals surface area contributed by atoms with Crippen molar-refractivity contribution in [1.29, 1.82) is 0 Å². The third-order valence-corrected chi connectivity index (χ3v) is 3.91. The zero-order valence-electron chi connectivity index (χ0n) is 12.0. The van der Waals surface area contributed by atoms with Crippen molar-refractivity contribution in [3.05, 3.63) is 40.8 Å². The lowest BCUT2D eigenvalue weighted by Crippen LogP contribution is -2.48. The van der Waals surface area contributed by atoms with Gasteiger partial charge >= 0.3 is 0 Å². The summed E-state index contributed by atoms with van der Waals surface area (Å²) in [5.41, 5.74) is -0.691. The molecule has 0 unspecified atom stereocenters. The molecule has 122 valence electrons. The zero-order valence-corrected chi connectivity index (χ0v) is 12.7. The van der Waals surface area contributed by atoms with Crippen LogP contribution in [0.1, 0.15) is 22.5 Å². The molecule has 0 atom stereocenters. The molecule has 0 bridgehead atoms. The Balaban J connectivity index is 1.89. The van der Waals surface area contributed by atoms with Crippen LogP contribution >= 0.6 is 11.6 Å². The highest BCUT2D eigenvalue weighted by Gasteiger charge is 2.27. The van der Waals surface area contributed by atoms with Gasteiger partial charge in [-0.15, -0.1) is 0 Å². The van der Waals surface area contributed by atoms with Gasteiger partial charge in [-0.2, -0.15) is 5.10 Å². The van der Waals surface area contributed by atoms with Gasteiger partial charge in [-0.3, -0.25) is 4.79 Å². The van der Waals surface area contributed by atoms with Crippen molar-refractivity contribution in [2.75, 3.05) is 19.6 Å². The van der Waals surface area contributed by atoms with Gasteiger partial charge < -0.3 is 10.6 Å². The summed E-state index contributed by atoms with van der Waals surface area (Å²) < 4.78 is 27.8. The zero-order chi connectivity index (χ0) is 16.4. The maximum atomic E-state index is 13.5. The van der Waals surface area contributed by atoms with E-state index in [2.05, 4.69) is 20.7 Å². The molecule has 1 aliphatic rings. The quantitative estimate of drug-likeness (QED) is 0.870. The molecule has 1 fully saturated rings. The number of halogens is 3. The Morgan fingerprint density at radius 3 is 2.91 bits per heavy atom. The first-order chi connectivity index (χ1) is 11.1. The van der Waals surface area contributed by atoms with Gasteiger partial charge in [-0.05, 0) is 12.1 Å². The molecule has 3 rings (SSSR count). The average molecular weight is 342 g/mol. The first kappa shape index (κ1) is 15.8. The highest BCUT2D eigenvalue weighted by Crippen LogP contribution is 2.27. The second-order valence-corrected chi connectivity index (χ2v) is 5.61. The number of rotatable bonds is 5. The summed E-state index contributed by atoms with van der Waals surface area (Å²) in [7, 11) is 0. The smallest absolute Gasteiger partial charge is 0.281 e. The molecule has 1 saturated heterocycles. The van der Waals surface area contributed by atoms with Gasteiger partial charge in [0.1, 0.15) is 5.69 Å². The maximum Gasteiger partial charge on any atom is 0.281 e. The van der Waals surface area contributed by atoms with E-state index >= 15 is 0 Å². The number of pyridine rings is 1. The lowest BCUT2D eigenvalue weighted by Gasteiger charge is -2.27. The van der Waals surface area contributed by atoms with Crippen molar-refractivity contribution in [1.82, 2.24) is 25.4 Å². The van der Waals surface area contributed by atoms with Crippen molar-refractivity contribution in [3.63, 3.8) is 0 Å². The summed E-state index contributed by atoms with van der Waals surface area (Å²) in [5, 5.41) is 9.77. The molecule has 0 aromatic carbocycles. The van der Waals surface area contributed by atoms with Gasteiger partial charge in [-0.25, -0.2) is 18.4 Å². The molecule has 3 heterocycles. The number of hydrogen-bond acceptors (Lipinski definition) is 4. The van der Waals surface area contributed by atoms with Crippen LogP contribution in [-0.4, -0.2) is 40.3 Å². The number of nitrogens with one attached hydrogen (secondary N) is 2. The molecular weight excluding hydrogens is 328 g/mol. The first-order valence-electron chi connectivity index (χ1n) is 7.03. The Kier molecular flexibility index (Phi) is 4.53. The lowest BCUT2D eigenvalue weighted by atomic mass is 10.0. The molecule has 2 aromatic rings. The van der Waals surface area contributed by atoms with Crippen LogP contribution < -0.4 is 10.6 Å². The molecule has 23 heavy (non-hydrogen) atoms. The van der Waals surface area contributed by atoms with Crippen molar-refractivity contribution >= 4 is 17.5 Å². The van der Waals surface area contributed by atoms with E-state index in [-0.39, 0.29) is 16.4 Å². The second kappa shape index (κ2) is 6.59. The summed E-state index contributed by atoms with van der Waals surface area (Å²) in [6.07, 6.45) is -0.357. The maximum absolute atomic E-state index is 13.5. The third kappa shape index (κ3) is 3.18. The first-order valence-corrected chi connectivity index (χ1v) is 7.41. The SMILES string of the molecule is O=C(NCC1CNC1)c1cnn(-c2ncccc2Cl)c1C(F)F. The Bertz CT molecular complexity index is 717. The van der Waals surface area contributed by atoms with E-state index in [1.165, 1.54) is 12.3 Å². The molecule has 0 aliphatic carbocycles. The molecule has 9 heteroatoms. The standard InChI is InChI=1S/C14H14ClF2N5O/c15-10-2-1-3-19-13(10)22-11(12(16)17)9(7-21-22)14(23)20-6-8-4-18-5-8/h1-3,7-8,12,18H,4-6H2,(H,20,23). The number of aromatic nitrogens is 3. The molecule has 2 N–H and O–H groups in total. The predicted molar refractivity (Wildman–Crippen MR) is 80.0 cm³/mol. The lowest BCUT2D eigenvalue weighted by molar-refractivity contribution is 0.0926. The van der Waals surface area contributed by atoms with Crippen LogP contribution in [0, 0.1) is 5.92 Å². The van der Waals surface area contributed by atoms with Crippen molar-refractivity contribution in [3.8, 4) is 5.82 Å². The third-order valence-electron chi connectivity index (χ3n) is 3.61. The van der Waals surface area contributed by atoms with E-state index < -0.39 is 18.0 Å². The summed E-state index contributed by atoms with van der Waals surface area (Å²) in [6.45, 7) is 2.06. The van der Waals surface area contributed by atoms with Crippen molar-refractivity contribution in [2.45, 2.75) is 6.43 Å². The van der Waals surface area contributed by atoms with Gasteiger partial charge in [0.25, 0.3) is 12.3 Å². The van der Waals surface area contributed by atoms with Crippen LogP contribution in [0.15, 0.2) is 24.5 Å². The fourth-order valence-electron chi connectivity index (χ4n) is 2.27. The molecule has 2 aromatic heterocycles. The molecule has 1 amide bonds. The van der Waals surface area contributed by atoms with Crippen LogP contribution in [0.3, 0.4) is 0 Å². The Morgan fingerprint density at radius 2 is 2.30 bits per heavy atom. The predicted octanol–water partition coefficient (Wildman–Crippen LogP) is 1.81. The van der Waals surface area contributed by atoms with Gasteiger partial charge in [-0.1, -0.05) is 11.6 Å². The van der Waals surface area contributed by atoms with E-state index in [1.807, 2.05) is 0 Å². The Labute approximate surface area is 135 Å². The fraction of sp³-hybridized carbons (Fsp3) is 0.357. The molecule has 0 radical (unpaired) electrons. The van der Waals surface area contributed by atoms with Crippen LogP contribution in [0.4, 0.5) is 8.78 Å². The molecular formula is C14H14ClF2N5O. The number of alkyl halides is 2. The minimum absolute atomic E-state index is 0.0618. The topological polar surface area (TPSA) is 71.8 Å². The molecule has 0 saturated carbocycles. The summed E-state index contributed by atoms with van der Waals surface area (Å²) in [6, 6.07) is 3.10. The Hall–Kier alpha value is -2.06. The van der Waals surface area contributed by atoms with Crippen LogP contribution in [0.5, 0.6) is 0 Å². The highest BCUT2D eigenvalue weighted by atomic mass is 35.5. The van der Waals surface area contributed by atoms with Gasteiger partial charge in [0.15, 0.2) is 5.82 Å². The van der Waals surface area contributed by atoms with Crippen LogP contribution in [0.25, 0.3) is 5.82 Å². The largest absolute Gasteiger partial charge is 0.352 e. The minimum atomic E-state index is -2.89. The Morgan fingerprint density at radius 1 is 1.52 bits per heavy atom. The van der Waals surface area contributed by atoms with E-state index in [4.69, 9.17) is 11.6 Å². The van der Waals surface area contributed by atoms with Gasteiger partial charge in [0, 0.05) is 31.7 Å². The fourth-order valence-corrected chi connectivity index (χ4v) is 2.47. The number of amides is 1. The number of nitrogens with zero attached hydrogens (tertiary/aromatic N) is 3. The molecule has 1 aliphatic heterocycles. The van der Waals surface area contributed by atoms with E-state index in [0.717, 1.165) is 24.0 Å². The van der Waals surface area contributed by atoms with Crippen LogP contribution in [0.2, 0.25) is 5.02 Å². The highest BCUT2D eigenvalue weighted by molar-refractivity contribution is 6.32. The molecule has 6 nitrogen and oxygen atoms in total. The van der Waals surface area contributed by atoms with Crippen molar-refractivity contribution in [2.24, 2.45) is 5.92 Å². The summed E-state index contributed by atoms with van der Waals surface area (Å²) >= 11 is 5.98. The van der Waals surface area contributed by atoms with E-state index in [9.17, 15) is 13.6 Å². The number of carbonyl (C=O) groups excluding carboxylic acids is 1. The van der Waals surface area contributed by atoms with Gasteiger partial charge in [0.05, 0.1) is 16.8 Å². The number of carbonyl (C=O) groups is 1. The monoisotopic (exact) mass is 341 g/mol. The van der Waals surface area contributed by atoms with E-state index in [1.54, 1.807) is 6.07 Å². The normalized spacial score (nSPS) is 14.8. The van der Waals surface area contributed by atoms with Crippen molar-refractivity contribution < 1.29 is 13.6 Å². The summed E-state index contributed by atoms with van der Waals surface area (Å²) in [4.78, 5) is 16.1. The van der Waals surface area contributed by atoms with E-state index in [0.29, 0.717) is 12.5 Å². The van der Waals surface area contributed by atoms with Crippen LogP contribution in [-0.2, 0) is 0 Å².